The van der Waals surface area contributed by atoms with Crippen molar-refractivity contribution in [1.82, 2.24) is 20.1 Å². The van der Waals surface area contributed by atoms with E-state index in [1.54, 1.807) is 11.1 Å². The number of rotatable bonds is 5. The van der Waals surface area contributed by atoms with Gasteiger partial charge in [-0.2, -0.15) is 0 Å². The Balaban J connectivity index is 0.000000941. The second-order valence-electron chi connectivity index (χ2n) is 7.56. The van der Waals surface area contributed by atoms with Crippen molar-refractivity contribution in [3.05, 3.63) is 30.1 Å². The summed E-state index contributed by atoms with van der Waals surface area (Å²) in [7, 11) is 0. The Kier molecular flexibility index (Phi) is 9.30. The minimum Gasteiger partial charge on any atom is -0.483 e. The van der Waals surface area contributed by atoms with Crippen LogP contribution in [0.4, 0.5) is 4.79 Å². The Bertz CT molecular complexity index is 621. The summed E-state index contributed by atoms with van der Waals surface area (Å²) in [6, 6.07) is 5.51. The zero-order chi connectivity index (χ0) is 21.1. The molecular weight excluding hydrogens is 376 g/mol. The van der Waals surface area contributed by atoms with E-state index in [4.69, 9.17) is 15.0 Å². The smallest absolute Gasteiger partial charge is 0.317 e. The number of carbonyl (C=O) groups is 2. The van der Waals surface area contributed by atoms with Crippen molar-refractivity contribution in [1.29, 1.82) is 0 Å². The van der Waals surface area contributed by atoms with Crippen LogP contribution in [0.5, 0.6) is 0 Å². The molecular formula is C20H32N4O5. The van der Waals surface area contributed by atoms with E-state index in [1.807, 2.05) is 18.2 Å². The van der Waals surface area contributed by atoms with Gasteiger partial charge in [-0.05, 0) is 50.3 Å². The van der Waals surface area contributed by atoms with Gasteiger partial charge in [-0.3, -0.25) is 9.78 Å². The van der Waals surface area contributed by atoms with Crippen molar-refractivity contribution in [2.24, 2.45) is 5.92 Å². The lowest BCUT2D eigenvalue weighted by molar-refractivity contribution is -0.122. The molecule has 2 aliphatic rings. The number of amides is 2. The van der Waals surface area contributed by atoms with Crippen molar-refractivity contribution in [2.75, 3.05) is 45.9 Å². The molecule has 0 spiro atoms. The van der Waals surface area contributed by atoms with Gasteiger partial charge in [0, 0.05) is 38.9 Å². The van der Waals surface area contributed by atoms with Crippen molar-refractivity contribution >= 4 is 12.5 Å². The number of nitrogens with one attached hydrogen (secondary N) is 1. The van der Waals surface area contributed by atoms with Crippen LogP contribution < -0.4 is 5.32 Å². The molecule has 2 amide bonds. The molecule has 1 aromatic rings. The molecule has 2 saturated heterocycles. The van der Waals surface area contributed by atoms with Crippen molar-refractivity contribution < 1.29 is 24.9 Å². The number of aliphatic hydroxyl groups is 2. The molecule has 9 heteroatoms. The molecule has 1 atom stereocenters. The number of pyridine rings is 1. The lowest BCUT2D eigenvalue weighted by Crippen LogP contribution is -2.50. The largest absolute Gasteiger partial charge is 0.483 e. The second-order valence-corrected chi connectivity index (χ2v) is 7.56. The molecule has 0 aromatic carbocycles. The quantitative estimate of drug-likeness (QED) is 0.522. The van der Waals surface area contributed by atoms with Crippen LogP contribution >= 0.6 is 0 Å². The van der Waals surface area contributed by atoms with Crippen LogP contribution in [-0.4, -0.2) is 88.5 Å². The van der Waals surface area contributed by atoms with Crippen LogP contribution in [0.15, 0.2) is 24.4 Å². The van der Waals surface area contributed by atoms with E-state index in [1.165, 1.54) is 0 Å². The van der Waals surface area contributed by atoms with Gasteiger partial charge in [0.25, 0.3) is 6.47 Å². The average molecular weight is 408 g/mol. The van der Waals surface area contributed by atoms with E-state index < -0.39 is 5.60 Å². The SMILES string of the molecule is O=C(NCC1CCCN(CCO)C1)N1CCC(O)(c2ccccn2)CC1.O=CO. The third-order valence-electron chi connectivity index (χ3n) is 5.58. The first-order valence-electron chi connectivity index (χ1n) is 10.1. The lowest BCUT2D eigenvalue weighted by Gasteiger charge is -2.38. The third-order valence-corrected chi connectivity index (χ3v) is 5.58. The number of urea groups is 1. The molecule has 9 nitrogen and oxygen atoms in total. The number of nitrogens with zero attached hydrogens (tertiary/aromatic N) is 3. The predicted molar refractivity (Wildman–Crippen MR) is 107 cm³/mol. The van der Waals surface area contributed by atoms with Crippen LogP contribution in [0, 0.1) is 5.92 Å². The number of hydrogen-bond acceptors (Lipinski definition) is 6. The number of carbonyl (C=O) groups excluding carboxylic acids is 1. The Morgan fingerprint density at radius 3 is 2.66 bits per heavy atom. The monoisotopic (exact) mass is 408 g/mol. The van der Waals surface area contributed by atoms with Gasteiger partial charge in [-0.25, -0.2) is 4.79 Å². The number of β-amino-alcohol motifs (C(OH)–C–C–N with tert-alkyl or cyclic N) is 1. The maximum atomic E-state index is 12.5. The predicted octanol–water partition coefficient (Wildman–Crippen LogP) is 0.480. The summed E-state index contributed by atoms with van der Waals surface area (Å²) >= 11 is 0. The maximum absolute atomic E-state index is 12.5. The minimum atomic E-state index is -0.938. The molecule has 1 aromatic heterocycles. The first kappa shape index (κ1) is 23.1. The first-order valence-corrected chi connectivity index (χ1v) is 10.1. The standard InChI is InChI=1S/C19H30N4O3.CH2O2/c24-13-12-22-9-3-4-16(15-22)14-21-18(25)23-10-6-19(26,7-11-23)17-5-1-2-8-20-17;2-1-3/h1-2,5,8,16,24,26H,3-4,6-7,9-15H2,(H,21,25);1H,(H,2,3). The molecule has 2 aliphatic heterocycles. The molecule has 0 saturated carbocycles. The Morgan fingerprint density at radius 1 is 1.31 bits per heavy atom. The van der Waals surface area contributed by atoms with Crippen molar-refractivity contribution in [2.45, 2.75) is 31.3 Å². The van der Waals surface area contributed by atoms with E-state index >= 15 is 0 Å². The summed E-state index contributed by atoms with van der Waals surface area (Å²) in [5.74, 6) is 0.439. The van der Waals surface area contributed by atoms with Crippen LogP contribution in [-0.2, 0) is 10.4 Å². The highest BCUT2D eigenvalue weighted by atomic mass is 16.3. The van der Waals surface area contributed by atoms with Gasteiger partial charge in [0.05, 0.1) is 12.3 Å². The summed E-state index contributed by atoms with van der Waals surface area (Å²) < 4.78 is 0. The molecule has 0 radical (unpaired) electrons. The Hall–Kier alpha value is -2.23. The van der Waals surface area contributed by atoms with Crippen molar-refractivity contribution in [3.8, 4) is 0 Å². The molecule has 1 unspecified atom stereocenters. The summed E-state index contributed by atoms with van der Waals surface area (Å²) in [4.78, 5) is 29.1. The van der Waals surface area contributed by atoms with E-state index in [0.29, 0.717) is 50.6 Å². The lowest BCUT2D eigenvalue weighted by atomic mass is 9.88. The van der Waals surface area contributed by atoms with Gasteiger partial charge in [-0.15, -0.1) is 0 Å². The van der Waals surface area contributed by atoms with Gasteiger partial charge < -0.3 is 30.4 Å². The van der Waals surface area contributed by atoms with Gasteiger partial charge >= 0.3 is 6.03 Å². The van der Waals surface area contributed by atoms with Crippen LogP contribution in [0.3, 0.4) is 0 Å². The van der Waals surface area contributed by atoms with Gasteiger partial charge in [0.15, 0.2) is 0 Å². The average Bonchev–Trinajstić information content (AvgIpc) is 2.74. The molecule has 3 rings (SSSR count). The fraction of sp³-hybridized carbons (Fsp3) is 0.650. The third kappa shape index (κ3) is 6.95. The van der Waals surface area contributed by atoms with Gasteiger partial charge in [-0.1, -0.05) is 6.07 Å². The first-order chi connectivity index (χ1) is 14.0. The normalized spacial score (nSPS) is 21.6. The molecule has 0 aliphatic carbocycles. The number of likely N-dealkylation sites (tertiary alicyclic amines) is 2. The topological polar surface area (TPSA) is 126 Å². The summed E-state index contributed by atoms with van der Waals surface area (Å²) in [5, 5.41) is 29.8. The highest BCUT2D eigenvalue weighted by Crippen LogP contribution is 2.31. The fourth-order valence-electron chi connectivity index (χ4n) is 3.98. The highest BCUT2D eigenvalue weighted by Gasteiger charge is 2.36. The van der Waals surface area contributed by atoms with E-state index in [2.05, 4.69) is 15.2 Å². The molecule has 3 heterocycles. The molecule has 2 fully saturated rings. The molecule has 0 bridgehead atoms. The number of piperidine rings is 2. The van der Waals surface area contributed by atoms with Crippen LogP contribution in [0.25, 0.3) is 0 Å². The van der Waals surface area contributed by atoms with Gasteiger partial charge in [0.1, 0.15) is 5.60 Å². The molecule has 4 N–H and O–H groups in total. The minimum absolute atomic E-state index is 0.0487. The van der Waals surface area contributed by atoms with Gasteiger partial charge in [0.2, 0.25) is 0 Å². The fourth-order valence-corrected chi connectivity index (χ4v) is 3.98. The number of aromatic nitrogens is 1. The number of carboxylic acid groups (broad SMARTS) is 1. The summed E-state index contributed by atoms with van der Waals surface area (Å²) in [5.41, 5.74) is -0.252. The van der Waals surface area contributed by atoms with Crippen molar-refractivity contribution in [3.63, 3.8) is 0 Å². The van der Waals surface area contributed by atoms with E-state index in [-0.39, 0.29) is 19.1 Å². The summed E-state index contributed by atoms with van der Waals surface area (Å²) in [6.45, 7) is 4.33. The Morgan fingerprint density at radius 2 is 2.03 bits per heavy atom. The highest BCUT2D eigenvalue weighted by molar-refractivity contribution is 5.74. The zero-order valence-corrected chi connectivity index (χ0v) is 16.7. The van der Waals surface area contributed by atoms with Crippen LogP contribution in [0.1, 0.15) is 31.4 Å². The van der Waals surface area contributed by atoms with Crippen LogP contribution in [0.2, 0.25) is 0 Å². The molecule has 29 heavy (non-hydrogen) atoms. The number of aliphatic hydroxyl groups excluding tert-OH is 1. The number of hydrogen-bond donors (Lipinski definition) is 4. The Labute approximate surface area is 171 Å². The summed E-state index contributed by atoms with van der Waals surface area (Å²) in [6.07, 6.45) is 4.93. The van der Waals surface area contributed by atoms with E-state index in [0.717, 1.165) is 25.9 Å². The van der Waals surface area contributed by atoms with E-state index in [9.17, 15) is 9.90 Å². The zero-order valence-electron chi connectivity index (χ0n) is 16.7. The second kappa shape index (κ2) is 11.7. The molecule has 162 valence electrons. The maximum Gasteiger partial charge on any atom is 0.317 e.